The number of fused-ring (bicyclic) bond motifs is 2. The molecule has 2 fully saturated rings. The van der Waals surface area contributed by atoms with E-state index in [-0.39, 0.29) is 5.60 Å². The number of hydrogen-bond acceptors (Lipinski definition) is 6. The van der Waals surface area contributed by atoms with Crippen molar-refractivity contribution < 1.29 is 9.47 Å². The molecule has 2 aromatic heterocycles. The van der Waals surface area contributed by atoms with Gasteiger partial charge in [0.2, 0.25) is 0 Å². The number of aromatic nitrogens is 3. The van der Waals surface area contributed by atoms with E-state index in [1.807, 2.05) is 16.0 Å². The van der Waals surface area contributed by atoms with Crippen molar-refractivity contribution in [1.82, 2.24) is 19.9 Å². The van der Waals surface area contributed by atoms with Gasteiger partial charge in [0, 0.05) is 60.6 Å². The molecule has 2 aromatic rings. The summed E-state index contributed by atoms with van der Waals surface area (Å²) in [6.07, 6.45) is 7.58. The monoisotopic (exact) mass is 416 g/mol. The molecule has 5 rings (SSSR count). The van der Waals surface area contributed by atoms with Gasteiger partial charge in [-0.2, -0.15) is 0 Å². The number of likely N-dealkylation sites (tertiary alicyclic amines) is 1. The highest BCUT2D eigenvalue weighted by molar-refractivity contribution is 7.12. The van der Waals surface area contributed by atoms with Crippen molar-refractivity contribution >= 4 is 11.3 Å². The molecule has 7 heteroatoms. The van der Waals surface area contributed by atoms with Gasteiger partial charge in [0.25, 0.3) is 0 Å². The smallest absolute Gasteiger partial charge is 0.0969 e. The fourth-order valence-corrected chi connectivity index (χ4v) is 6.39. The quantitative estimate of drug-likeness (QED) is 0.748. The second-order valence-electron chi connectivity index (χ2n) is 8.93. The predicted molar refractivity (Wildman–Crippen MR) is 113 cm³/mol. The lowest BCUT2D eigenvalue weighted by Crippen LogP contribution is -2.50. The summed E-state index contributed by atoms with van der Waals surface area (Å²) in [5.74, 6) is 0.578. The zero-order chi connectivity index (χ0) is 19.8. The third-order valence-corrected chi connectivity index (χ3v) is 8.22. The lowest BCUT2D eigenvalue weighted by Gasteiger charge is -2.47. The van der Waals surface area contributed by atoms with Gasteiger partial charge in [-0.05, 0) is 44.2 Å². The van der Waals surface area contributed by atoms with Crippen molar-refractivity contribution in [3.8, 4) is 0 Å². The van der Waals surface area contributed by atoms with Crippen LogP contribution >= 0.6 is 11.3 Å². The third-order valence-electron chi connectivity index (χ3n) is 6.88. The van der Waals surface area contributed by atoms with Crippen LogP contribution in [0, 0.1) is 5.92 Å². The average molecular weight is 417 g/mol. The molecule has 29 heavy (non-hydrogen) atoms. The number of nitrogens with zero attached hydrogens (tertiary/aromatic N) is 4. The summed E-state index contributed by atoms with van der Waals surface area (Å²) < 4.78 is 14.0. The second-order valence-corrected chi connectivity index (χ2v) is 10.2. The summed E-state index contributed by atoms with van der Waals surface area (Å²) >= 11 is 2.00. The second kappa shape index (κ2) is 8.10. The number of piperidine rings is 1. The van der Waals surface area contributed by atoms with Crippen molar-refractivity contribution in [2.24, 2.45) is 5.92 Å². The summed E-state index contributed by atoms with van der Waals surface area (Å²) in [5, 5.41) is 8.80. The molecule has 0 bridgehead atoms. The minimum absolute atomic E-state index is 0.0759. The zero-order valence-electron chi connectivity index (χ0n) is 17.6. The van der Waals surface area contributed by atoms with Crippen molar-refractivity contribution in [1.29, 1.82) is 0 Å². The molecule has 1 spiro atoms. The minimum atomic E-state index is -0.0759. The Labute approximate surface area is 177 Å². The van der Waals surface area contributed by atoms with Gasteiger partial charge in [-0.3, -0.25) is 9.58 Å². The van der Waals surface area contributed by atoms with Crippen molar-refractivity contribution in [3.05, 3.63) is 33.3 Å². The molecule has 6 nitrogen and oxygen atoms in total. The zero-order valence-corrected chi connectivity index (χ0v) is 18.4. The van der Waals surface area contributed by atoms with E-state index < -0.39 is 0 Å². The lowest BCUT2D eigenvalue weighted by molar-refractivity contribution is -0.112. The molecule has 5 heterocycles. The SMILES string of the molecule is CCc1cc2c(s1)CCO[C@@]21CCN(Cc2cn(CC3CCOC3)nn2)[C@@H](C)C1. The molecule has 0 saturated carbocycles. The van der Waals surface area contributed by atoms with E-state index in [0.717, 1.165) is 77.3 Å². The molecule has 0 radical (unpaired) electrons. The Morgan fingerprint density at radius 1 is 1.34 bits per heavy atom. The van der Waals surface area contributed by atoms with Crippen LogP contribution in [0.4, 0.5) is 0 Å². The predicted octanol–water partition coefficient (Wildman–Crippen LogP) is 3.39. The largest absolute Gasteiger partial charge is 0.381 e. The van der Waals surface area contributed by atoms with Gasteiger partial charge in [0.15, 0.2) is 0 Å². The highest BCUT2D eigenvalue weighted by atomic mass is 32.1. The topological polar surface area (TPSA) is 52.4 Å². The highest BCUT2D eigenvalue weighted by Crippen LogP contribution is 2.46. The minimum Gasteiger partial charge on any atom is -0.381 e. The van der Waals surface area contributed by atoms with Crippen molar-refractivity contribution in [3.63, 3.8) is 0 Å². The van der Waals surface area contributed by atoms with Gasteiger partial charge in [-0.15, -0.1) is 16.4 Å². The van der Waals surface area contributed by atoms with E-state index in [9.17, 15) is 0 Å². The van der Waals surface area contributed by atoms with Crippen LogP contribution in [0.2, 0.25) is 0 Å². The molecular weight excluding hydrogens is 384 g/mol. The normalized spacial score (nSPS) is 30.1. The summed E-state index contributed by atoms with van der Waals surface area (Å²) in [6.45, 7) is 10.0. The van der Waals surface area contributed by atoms with Crippen molar-refractivity contribution in [2.45, 2.75) is 70.7 Å². The first-order valence-corrected chi connectivity index (χ1v) is 11.9. The number of ether oxygens (including phenoxy) is 2. The molecule has 1 unspecified atom stereocenters. The maximum atomic E-state index is 6.47. The standard InChI is InChI=1S/C22H32N4O2S/c1-3-19-10-20-21(29-19)5-9-28-22(20)6-7-25(16(2)11-22)13-18-14-26(24-23-18)12-17-4-8-27-15-17/h10,14,16-17H,3-9,11-13,15H2,1-2H3/t16-,17?,22+/m0/s1. The van der Waals surface area contributed by atoms with Crippen LogP contribution in [0.15, 0.2) is 12.3 Å². The highest BCUT2D eigenvalue weighted by Gasteiger charge is 2.44. The first kappa shape index (κ1) is 19.7. The number of hydrogen-bond donors (Lipinski definition) is 0. The summed E-state index contributed by atoms with van der Waals surface area (Å²) in [6, 6.07) is 2.90. The van der Waals surface area contributed by atoms with Crippen LogP contribution < -0.4 is 0 Å². The number of rotatable bonds is 5. The van der Waals surface area contributed by atoms with E-state index in [0.29, 0.717) is 12.0 Å². The Bertz CT molecular complexity index is 844. The first-order valence-electron chi connectivity index (χ1n) is 11.1. The van der Waals surface area contributed by atoms with Gasteiger partial charge < -0.3 is 9.47 Å². The molecule has 0 N–H and O–H groups in total. The Morgan fingerprint density at radius 2 is 2.28 bits per heavy atom. The van der Waals surface area contributed by atoms with Gasteiger partial charge in [-0.25, -0.2) is 0 Å². The molecule has 3 aliphatic heterocycles. The van der Waals surface area contributed by atoms with Gasteiger partial charge >= 0.3 is 0 Å². The van der Waals surface area contributed by atoms with Gasteiger partial charge in [-0.1, -0.05) is 12.1 Å². The fourth-order valence-electron chi connectivity index (χ4n) is 5.21. The van der Waals surface area contributed by atoms with Crippen LogP contribution in [0.5, 0.6) is 0 Å². The maximum Gasteiger partial charge on any atom is 0.0969 e. The Hall–Kier alpha value is -1.28. The molecule has 0 amide bonds. The van der Waals surface area contributed by atoms with Crippen LogP contribution in [0.3, 0.4) is 0 Å². The maximum absolute atomic E-state index is 6.47. The fraction of sp³-hybridized carbons (Fsp3) is 0.727. The Kier molecular flexibility index (Phi) is 5.49. The molecule has 2 saturated heterocycles. The van der Waals surface area contributed by atoms with E-state index in [1.54, 1.807) is 4.88 Å². The van der Waals surface area contributed by atoms with Gasteiger partial charge in [0.1, 0.15) is 0 Å². The van der Waals surface area contributed by atoms with E-state index >= 15 is 0 Å². The van der Waals surface area contributed by atoms with E-state index in [2.05, 4.69) is 41.3 Å². The Balaban J connectivity index is 1.24. The summed E-state index contributed by atoms with van der Waals surface area (Å²) in [5.41, 5.74) is 2.48. The van der Waals surface area contributed by atoms with E-state index in [1.165, 1.54) is 10.4 Å². The van der Waals surface area contributed by atoms with Crippen molar-refractivity contribution in [2.75, 3.05) is 26.4 Å². The summed E-state index contributed by atoms with van der Waals surface area (Å²) in [4.78, 5) is 5.61. The Morgan fingerprint density at radius 3 is 3.07 bits per heavy atom. The van der Waals surface area contributed by atoms with Crippen LogP contribution in [0.1, 0.15) is 54.1 Å². The van der Waals surface area contributed by atoms with E-state index in [4.69, 9.17) is 9.47 Å². The molecule has 0 aromatic carbocycles. The lowest BCUT2D eigenvalue weighted by atomic mass is 9.79. The molecule has 3 aliphatic rings. The molecule has 158 valence electrons. The molecule has 3 atom stereocenters. The van der Waals surface area contributed by atoms with Crippen LogP contribution in [-0.4, -0.2) is 52.3 Å². The average Bonchev–Trinajstić information content (AvgIpc) is 3.46. The first-order chi connectivity index (χ1) is 14.1. The summed E-state index contributed by atoms with van der Waals surface area (Å²) in [7, 11) is 0. The van der Waals surface area contributed by atoms with Gasteiger partial charge in [0.05, 0.1) is 24.5 Å². The third kappa shape index (κ3) is 3.90. The van der Waals surface area contributed by atoms with Crippen LogP contribution in [0.25, 0.3) is 0 Å². The molecular formula is C22H32N4O2S. The number of thiophene rings is 1. The number of aryl methyl sites for hydroxylation is 1. The van der Waals surface area contributed by atoms with Crippen LogP contribution in [-0.2, 0) is 41.0 Å². The molecule has 0 aliphatic carbocycles.